The fraction of sp³-hybridized carbons (Fsp3) is 0.600. The molecule has 1 atom stereocenters. The second-order valence-electron chi connectivity index (χ2n) is 7.44. The highest BCUT2D eigenvalue weighted by molar-refractivity contribution is 5.39. The Kier molecular flexibility index (Phi) is 4.75. The summed E-state index contributed by atoms with van der Waals surface area (Å²) < 4.78 is 8.46. The number of aromatic nitrogens is 3. The molecule has 3 heterocycles. The van der Waals surface area contributed by atoms with Gasteiger partial charge in [-0.2, -0.15) is 0 Å². The van der Waals surface area contributed by atoms with E-state index in [-0.39, 0.29) is 0 Å². The van der Waals surface area contributed by atoms with Crippen molar-refractivity contribution in [3.63, 3.8) is 0 Å². The molecule has 25 heavy (non-hydrogen) atoms. The van der Waals surface area contributed by atoms with E-state index in [1.54, 1.807) is 0 Å². The smallest absolute Gasteiger partial charge is 0.137 e. The maximum absolute atomic E-state index is 6.10. The molecule has 1 aromatic carbocycles. The molecule has 0 amide bonds. The zero-order valence-electron chi connectivity index (χ0n) is 15.4. The second kappa shape index (κ2) is 7.16. The number of aryl methyl sites for hydroxylation is 3. The van der Waals surface area contributed by atoms with Crippen LogP contribution in [0.3, 0.4) is 0 Å². The van der Waals surface area contributed by atoms with Gasteiger partial charge in [0, 0.05) is 32.0 Å². The fourth-order valence-electron chi connectivity index (χ4n) is 4.25. The third kappa shape index (κ3) is 3.43. The molecule has 0 unspecified atom stereocenters. The van der Waals surface area contributed by atoms with E-state index in [4.69, 9.17) is 4.74 Å². The zero-order valence-corrected chi connectivity index (χ0v) is 15.4. The van der Waals surface area contributed by atoms with E-state index in [1.807, 2.05) is 0 Å². The van der Waals surface area contributed by atoms with Crippen LogP contribution in [-0.4, -0.2) is 45.9 Å². The number of piperidine rings is 1. The van der Waals surface area contributed by atoms with Crippen LogP contribution in [0.5, 0.6) is 5.75 Å². The summed E-state index contributed by atoms with van der Waals surface area (Å²) >= 11 is 0. The van der Waals surface area contributed by atoms with Crippen LogP contribution in [0.4, 0.5) is 0 Å². The number of nitrogens with zero attached hydrogens (tertiary/aromatic N) is 4. The predicted molar refractivity (Wildman–Crippen MR) is 98.2 cm³/mol. The minimum atomic E-state index is 0.522. The van der Waals surface area contributed by atoms with Crippen LogP contribution < -0.4 is 4.74 Å². The average Bonchev–Trinajstić information content (AvgIpc) is 3.21. The van der Waals surface area contributed by atoms with Crippen molar-refractivity contribution in [2.24, 2.45) is 0 Å². The first-order chi connectivity index (χ1) is 12.2. The first kappa shape index (κ1) is 16.6. The van der Waals surface area contributed by atoms with Crippen LogP contribution in [0.1, 0.15) is 48.0 Å². The Morgan fingerprint density at radius 3 is 2.80 bits per heavy atom. The topological polar surface area (TPSA) is 43.2 Å². The SMILES string of the molecule is Cc1cccc(C)c1OCCN1CCC[C@@H](c2nnc3n2CCC3)C1. The summed E-state index contributed by atoms with van der Waals surface area (Å²) in [5.74, 6) is 3.97. The molecule has 4 rings (SSSR count). The Labute approximate surface area is 150 Å². The van der Waals surface area contributed by atoms with Crippen LogP contribution in [-0.2, 0) is 13.0 Å². The summed E-state index contributed by atoms with van der Waals surface area (Å²) in [6, 6.07) is 6.32. The van der Waals surface area contributed by atoms with Crippen molar-refractivity contribution in [3.05, 3.63) is 41.0 Å². The molecular formula is C20H28N4O. The Bertz CT molecular complexity index is 719. The quantitative estimate of drug-likeness (QED) is 0.839. The molecule has 2 aromatic rings. The summed E-state index contributed by atoms with van der Waals surface area (Å²) in [4.78, 5) is 2.53. The van der Waals surface area contributed by atoms with Gasteiger partial charge in [0.1, 0.15) is 24.0 Å². The Morgan fingerprint density at radius 2 is 1.96 bits per heavy atom. The highest BCUT2D eigenvalue weighted by Crippen LogP contribution is 2.28. The summed E-state index contributed by atoms with van der Waals surface area (Å²) in [6.07, 6.45) is 4.77. The van der Waals surface area contributed by atoms with Gasteiger partial charge >= 0.3 is 0 Å². The molecule has 5 nitrogen and oxygen atoms in total. The van der Waals surface area contributed by atoms with Crippen LogP contribution >= 0.6 is 0 Å². The first-order valence-electron chi connectivity index (χ1n) is 9.55. The molecule has 0 saturated carbocycles. The molecule has 0 spiro atoms. The minimum Gasteiger partial charge on any atom is -0.492 e. The molecule has 1 saturated heterocycles. The molecule has 0 aliphatic carbocycles. The standard InChI is InChI=1S/C20H28N4O/c1-15-6-3-7-16(2)19(15)25-13-12-23-10-4-8-17(14-23)20-22-21-18-9-5-11-24(18)20/h3,6-7,17H,4-5,8-14H2,1-2H3/t17-/m1/s1. The number of likely N-dealkylation sites (tertiary alicyclic amines) is 1. The molecule has 1 fully saturated rings. The van der Waals surface area contributed by atoms with Crippen LogP contribution in [0.25, 0.3) is 0 Å². The summed E-state index contributed by atoms with van der Waals surface area (Å²) in [7, 11) is 0. The van der Waals surface area contributed by atoms with Gasteiger partial charge in [-0.15, -0.1) is 10.2 Å². The third-order valence-corrected chi connectivity index (χ3v) is 5.57. The number of hydrogen-bond donors (Lipinski definition) is 0. The van der Waals surface area contributed by atoms with E-state index < -0.39 is 0 Å². The molecular weight excluding hydrogens is 312 g/mol. The van der Waals surface area contributed by atoms with Crippen molar-refractivity contribution >= 4 is 0 Å². The lowest BCUT2D eigenvalue weighted by Gasteiger charge is -2.32. The van der Waals surface area contributed by atoms with Gasteiger partial charge in [-0.3, -0.25) is 4.90 Å². The number of rotatable bonds is 5. The van der Waals surface area contributed by atoms with Gasteiger partial charge in [0.05, 0.1) is 0 Å². The van der Waals surface area contributed by atoms with Crippen LogP contribution in [0, 0.1) is 13.8 Å². The maximum atomic E-state index is 6.10. The van der Waals surface area contributed by atoms with Crippen molar-refractivity contribution in [3.8, 4) is 5.75 Å². The van der Waals surface area contributed by atoms with Crippen LogP contribution in [0.15, 0.2) is 18.2 Å². The molecule has 1 aromatic heterocycles. The van der Waals surface area contributed by atoms with Gasteiger partial charge in [0.2, 0.25) is 0 Å². The van der Waals surface area contributed by atoms with Crippen LogP contribution in [0.2, 0.25) is 0 Å². The second-order valence-corrected chi connectivity index (χ2v) is 7.44. The fourth-order valence-corrected chi connectivity index (χ4v) is 4.25. The van der Waals surface area contributed by atoms with E-state index in [9.17, 15) is 0 Å². The number of benzene rings is 1. The summed E-state index contributed by atoms with van der Waals surface area (Å²) in [5, 5.41) is 8.89. The van der Waals surface area contributed by atoms with E-state index in [1.165, 1.54) is 42.0 Å². The van der Waals surface area contributed by atoms with E-state index >= 15 is 0 Å². The van der Waals surface area contributed by atoms with Gasteiger partial charge < -0.3 is 9.30 Å². The van der Waals surface area contributed by atoms with Crippen molar-refractivity contribution in [1.82, 2.24) is 19.7 Å². The third-order valence-electron chi connectivity index (χ3n) is 5.57. The van der Waals surface area contributed by atoms with Crippen molar-refractivity contribution in [2.75, 3.05) is 26.2 Å². The number of fused-ring (bicyclic) bond motifs is 1. The Balaban J connectivity index is 1.34. The summed E-state index contributed by atoms with van der Waals surface area (Å²) in [5.41, 5.74) is 2.44. The van der Waals surface area contributed by atoms with Gasteiger partial charge in [-0.25, -0.2) is 0 Å². The molecule has 5 heteroatoms. The first-order valence-corrected chi connectivity index (χ1v) is 9.55. The van der Waals surface area contributed by atoms with Crippen molar-refractivity contribution in [2.45, 2.75) is 52.0 Å². The molecule has 2 aliphatic heterocycles. The van der Waals surface area contributed by atoms with E-state index in [0.29, 0.717) is 5.92 Å². The van der Waals surface area contributed by atoms with Gasteiger partial charge in [-0.1, -0.05) is 18.2 Å². The normalized spacial score (nSPS) is 20.6. The molecule has 0 N–H and O–H groups in total. The van der Waals surface area contributed by atoms with Gasteiger partial charge in [-0.05, 0) is 50.8 Å². The Morgan fingerprint density at radius 1 is 1.12 bits per heavy atom. The lowest BCUT2D eigenvalue weighted by Crippen LogP contribution is -2.38. The van der Waals surface area contributed by atoms with Crippen molar-refractivity contribution < 1.29 is 4.74 Å². The monoisotopic (exact) mass is 340 g/mol. The van der Waals surface area contributed by atoms with Gasteiger partial charge in [0.15, 0.2) is 0 Å². The van der Waals surface area contributed by atoms with Crippen molar-refractivity contribution in [1.29, 1.82) is 0 Å². The molecule has 0 radical (unpaired) electrons. The maximum Gasteiger partial charge on any atom is 0.137 e. The predicted octanol–water partition coefficient (Wildman–Crippen LogP) is 3.10. The van der Waals surface area contributed by atoms with E-state index in [0.717, 1.165) is 45.0 Å². The largest absolute Gasteiger partial charge is 0.492 e. The van der Waals surface area contributed by atoms with E-state index in [2.05, 4.69) is 51.7 Å². The lowest BCUT2D eigenvalue weighted by atomic mass is 9.97. The summed E-state index contributed by atoms with van der Waals surface area (Å²) in [6.45, 7) is 9.30. The minimum absolute atomic E-state index is 0.522. The zero-order chi connectivity index (χ0) is 17.2. The molecule has 134 valence electrons. The highest BCUT2D eigenvalue weighted by Gasteiger charge is 2.28. The highest BCUT2D eigenvalue weighted by atomic mass is 16.5. The molecule has 0 bridgehead atoms. The average molecular weight is 340 g/mol. The number of hydrogen-bond acceptors (Lipinski definition) is 4. The molecule has 2 aliphatic rings. The number of para-hydroxylation sites is 1. The Hall–Kier alpha value is -1.88. The van der Waals surface area contributed by atoms with Gasteiger partial charge in [0.25, 0.3) is 0 Å². The number of ether oxygens (including phenoxy) is 1. The lowest BCUT2D eigenvalue weighted by molar-refractivity contribution is 0.166.